The zero-order valence-corrected chi connectivity index (χ0v) is 31.4. The number of fused-ring (bicyclic) bond motifs is 6. The molecule has 0 saturated carbocycles. The van der Waals surface area contributed by atoms with Crippen LogP contribution in [0.1, 0.15) is 0 Å². The molecule has 0 amide bonds. The monoisotopic (exact) mass is 746 g/mol. The SMILES string of the molecule is Fc1cccc2c1c1ccccc1n2-c1cccc(N(c2ccc(-c3ccccc3)cc2)c2ccc(-c3cccc4c3oc3c(-c5ccccc5)cccc34)cc2)c1. The van der Waals surface area contributed by atoms with Crippen molar-refractivity contribution in [1.82, 2.24) is 4.57 Å². The van der Waals surface area contributed by atoms with Crippen LogP contribution in [0.5, 0.6) is 0 Å². The molecule has 0 aliphatic heterocycles. The fraction of sp³-hybridized carbons (Fsp3) is 0. The standard InChI is InChI=1S/C54H35FN2O/c55-49-24-12-26-51-52(49)48-19-7-8-25-50(48)57(51)43-18-9-17-42(35-43)56(40-31-27-37(28-32-40)36-13-3-1-4-14-36)41-33-29-39(30-34-41)45-21-11-23-47-46-22-10-20-44(53(46)58-54(45)47)38-15-5-2-6-16-38/h1-35H. The van der Waals surface area contributed by atoms with E-state index < -0.39 is 0 Å². The zero-order chi connectivity index (χ0) is 38.6. The molecule has 0 aliphatic rings. The second kappa shape index (κ2) is 13.8. The second-order valence-corrected chi connectivity index (χ2v) is 14.6. The van der Waals surface area contributed by atoms with Crippen molar-refractivity contribution in [3.8, 4) is 39.1 Å². The van der Waals surface area contributed by atoms with Crippen LogP contribution in [0, 0.1) is 5.82 Å². The Morgan fingerprint density at radius 2 is 0.879 bits per heavy atom. The summed E-state index contributed by atoms with van der Waals surface area (Å²) in [5, 5.41) is 3.71. The molecule has 0 N–H and O–H groups in total. The average molecular weight is 747 g/mol. The number of hydrogen-bond donors (Lipinski definition) is 0. The third-order valence-corrected chi connectivity index (χ3v) is 11.3. The van der Waals surface area contributed by atoms with Crippen molar-refractivity contribution in [3.05, 3.63) is 218 Å². The third-order valence-electron chi connectivity index (χ3n) is 11.3. The predicted molar refractivity (Wildman–Crippen MR) is 239 cm³/mol. The van der Waals surface area contributed by atoms with Gasteiger partial charge in [-0.25, -0.2) is 4.39 Å². The summed E-state index contributed by atoms with van der Waals surface area (Å²) in [6.45, 7) is 0. The molecule has 3 nitrogen and oxygen atoms in total. The highest BCUT2D eigenvalue weighted by Gasteiger charge is 2.20. The molecule has 0 radical (unpaired) electrons. The Bertz CT molecular complexity index is 3270. The Labute approximate surface area is 335 Å². The largest absolute Gasteiger partial charge is 0.455 e. The fourth-order valence-corrected chi connectivity index (χ4v) is 8.59. The van der Waals surface area contributed by atoms with E-state index in [1.54, 1.807) is 6.07 Å². The molecule has 2 heterocycles. The number of benzene rings is 9. The summed E-state index contributed by atoms with van der Waals surface area (Å²) < 4.78 is 24.3. The van der Waals surface area contributed by atoms with Crippen LogP contribution in [-0.4, -0.2) is 4.57 Å². The van der Waals surface area contributed by atoms with Gasteiger partial charge in [0.05, 0.1) is 11.0 Å². The van der Waals surface area contributed by atoms with E-state index in [1.807, 2.05) is 36.4 Å². The summed E-state index contributed by atoms with van der Waals surface area (Å²) in [6, 6.07) is 72.9. The minimum atomic E-state index is -0.223. The van der Waals surface area contributed by atoms with Crippen LogP contribution in [0.4, 0.5) is 21.5 Å². The lowest BCUT2D eigenvalue weighted by molar-refractivity contribution is 0.640. The number of halogens is 1. The second-order valence-electron chi connectivity index (χ2n) is 14.6. The Balaban J connectivity index is 1.04. The number of rotatable bonds is 7. The maximum absolute atomic E-state index is 15.4. The number of para-hydroxylation sites is 3. The Kier molecular flexibility index (Phi) is 8.00. The summed E-state index contributed by atoms with van der Waals surface area (Å²) in [6.07, 6.45) is 0. The Hall–Kier alpha value is -7.69. The molecule has 0 bridgehead atoms. The molecule has 0 atom stereocenters. The van der Waals surface area contributed by atoms with Crippen molar-refractivity contribution >= 4 is 60.8 Å². The van der Waals surface area contributed by atoms with Crippen molar-refractivity contribution < 1.29 is 8.81 Å². The average Bonchev–Trinajstić information content (AvgIpc) is 3.85. The van der Waals surface area contributed by atoms with Crippen LogP contribution in [0.15, 0.2) is 217 Å². The Morgan fingerprint density at radius 1 is 0.379 bits per heavy atom. The molecule has 2 aromatic heterocycles. The van der Waals surface area contributed by atoms with Crippen molar-refractivity contribution in [2.75, 3.05) is 4.90 Å². The van der Waals surface area contributed by atoms with Gasteiger partial charge in [0, 0.05) is 55.4 Å². The van der Waals surface area contributed by atoms with Gasteiger partial charge in [-0.05, 0) is 82.9 Å². The number of nitrogens with zero attached hydrogens (tertiary/aromatic N) is 2. The molecule has 58 heavy (non-hydrogen) atoms. The van der Waals surface area contributed by atoms with E-state index in [0.717, 1.165) is 88.9 Å². The maximum atomic E-state index is 15.4. The fourth-order valence-electron chi connectivity index (χ4n) is 8.59. The van der Waals surface area contributed by atoms with E-state index in [2.05, 4.69) is 173 Å². The zero-order valence-electron chi connectivity index (χ0n) is 31.4. The summed E-state index contributed by atoms with van der Waals surface area (Å²) in [7, 11) is 0. The van der Waals surface area contributed by atoms with E-state index in [4.69, 9.17) is 4.42 Å². The molecule has 0 spiro atoms. The molecule has 11 rings (SSSR count). The molecular formula is C54H35FN2O. The van der Waals surface area contributed by atoms with Gasteiger partial charge in [0.25, 0.3) is 0 Å². The molecule has 0 saturated heterocycles. The minimum absolute atomic E-state index is 0.223. The van der Waals surface area contributed by atoms with E-state index in [-0.39, 0.29) is 5.82 Å². The first-order chi connectivity index (χ1) is 28.7. The predicted octanol–water partition coefficient (Wildman–Crippen LogP) is 15.3. The van der Waals surface area contributed by atoms with Crippen molar-refractivity contribution in [2.45, 2.75) is 0 Å². The number of aromatic nitrogens is 1. The van der Waals surface area contributed by atoms with Crippen LogP contribution >= 0.6 is 0 Å². The van der Waals surface area contributed by atoms with Crippen molar-refractivity contribution in [3.63, 3.8) is 0 Å². The lowest BCUT2D eigenvalue weighted by Gasteiger charge is -2.26. The first kappa shape index (κ1) is 33.6. The minimum Gasteiger partial charge on any atom is -0.455 e. The molecular weight excluding hydrogens is 712 g/mol. The highest BCUT2D eigenvalue weighted by molar-refractivity contribution is 6.13. The molecule has 0 fully saturated rings. The summed E-state index contributed by atoms with van der Waals surface area (Å²) in [4.78, 5) is 2.28. The lowest BCUT2D eigenvalue weighted by Crippen LogP contribution is -2.10. The van der Waals surface area contributed by atoms with Crippen LogP contribution in [0.3, 0.4) is 0 Å². The normalized spacial score (nSPS) is 11.5. The van der Waals surface area contributed by atoms with Gasteiger partial charge in [0.2, 0.25) is 0 Å². The summed E-state index contributed by atoms with van der Waals surface area (Å²) in [5.41, 5.74) is 14.1. The van der Waals surface area contributed by atoms with E-state index in [0.29, 0.717) is 5.39 Å². The molecule has 0 aliphatic carbocycles. The van der Waals surface area contributed by atoms with Gasteiger partial charge in [0.15, 0.2) is 0 Å². The summed E-state index contributed by atoms with van der Waals surface area (Å²) >= 11 is 0. The highest BCUT2D eigenvalue weighted by atomic mass is 19.1. The van der Waals surface area contributed by atoms with Gasteiger partial charge in [-0.15, -0.1) is 0 Å². The highest BCUT2D eigenvalue weighted by Crippen LogP contribution is 2.42. The molecule has 11 aromatic rings. The van der Waals surface area contributed by atoms with Crippen molar-refractivity contribution in [2.24, 2.45) is 0 Å². The molecule has 0 unspecified atom stereocenters. The van der Waals surface area contributed by atoms with Gasteiger partial charge >= 0.3 is 0 Å². The molecule has 274 valence electrons. The summed E-state index contributed by atoms with van der Waals surface area (Å²) in [5.74, 6) is -0.223. The van der Waals surface area contributed by atoms with Gasteiger partial charge in [0.1, 0.15) is 17.0 Å². The Morgan fingerprint density at radius 3 is 1.55 bits per heavy atom. The molecule has 4 heteroatoms. The van der Waals surface area contributed by atoms with Gasteiger partial charge in [-0.1, -0.05) is 152 Å². The van der Waals surface area contributed by atoms with Gasteiger partial charge < -0.3 is 13.9 Å². The van der Waals surface area contributed by atoms with Crippen LogP contribution in [-0.2, 0) is 0 Å². The first-order valence-electron chi connectivity index (χ1n) is 19.5. The number of hydrogen-bond acceptors (Lipinski definition) is 2. The van der Waals surface area contributed by atoms with Crippen LogP contribution in [0.2, 0.25) is 0 Å². The third kappa shape index (κ3) is 5.57. The first-order valence-corrected chi connectivity index (χ1v) is 19.5. The van der Waals surface area contributed by atoms with Crippen molar-refractivity contribution in [1.29, 1.82) is 0 Å². The van der Waals surface area contributed by atoms with E-state index >= 15 is 4.39 Å². The van der Waals surface area contributed by atoms with E-state index in [9.17, 15) is 0 Å². The maximum Gasteiger partial charge on any atom is 0.143 e. The number of furan rings is 1. The molecule has 9 aromatic carbocycles. The number of anilines is 3. The van der Waals surface area contributed by atoms with Gasteiger partial charge in [-0.3, -0.25) is 0 Å². The smallest absolute Gasteiger partial charge is 0.143 e. The van der Waals surface area contributed by atoms with Crippen LogP contribution in [0.25, 0.3) is 82.8 Å². The quantitative estimate of drug-likeness (QED) is 0.162. The van der Waals surface area contributed by atoms with E-state index in [1.165, 1.54) is 11.6 Å². The van der Waals surface area contributed by atoms with Gasteiger partial charge in [-0.2, -0.15) is 0 Å². The topological polar surface area (TPSA) is 21.3 Å². The van der Waals surface area contributed by atoms with Crippen LogP contribution < -0.4 is 4.90 Å². The lowest BCUT2D eigenvalue weighted by atomic mass is 10.00.